The van der Waals surface area contributed by atoms with Crippen molar-refractivity contribution in [1.82, 2.24) is 14.4 Å². The maximum atomic E-state index is 12.8. The Morgan fingerprint density at radius 3 is 2.41 bits per heavy atom. The molecule has 3 heterocycles. The van der Waals surface area contributed by atoms with Crippen molar-refractivity contribution >= 4 is 5.91 Å². The highest BCUT2D eigenvalue weighted by Gasteiger charge is 2.24. The number of carbonyl (C=O) groups is 1. The second kappa shape index (κ2) is 8.92. The van der Waals surface area contributed by atoms with Crippen molar-refractivity contribution in [3.63, 3.8) is 0 Å². The average molecular weight is 391 g/mol. The SMILES string of the molecule is O=C(c1ccc(Cn2ccccc2=O)o1)N1CCN(CCc2ccccc2)CC1. The summed E-state index contributed by atoms with van der Waals surface area (Å²) in [4.78, 5) is 28.8. The van der Waals surface area contributed by atoms with Gasteiger partial charge in [0.15, 0.2) is 5.76 Å². The van der Waals surface area contributed by atoms with E-state index in [4.69, 9.17) is 4.42 Å². The van der Waals surface area contributed by atoms with E-state index >= 15 is 0 Å². The van der Waals surface area contributed by atoms with Crippen LogP contribution < -0.4 is 5.56 Å². The summed E-state index contributed by atoms with van der Waals surface area (Å²) >= 11 is 0. The molecule has 0 saturated carbocycles. The molecule has 0 aliphatic carbocycles. The average Bonchev–Trinajstić information content (AvgIpc) is 3.23. The van der Waals surface area contributed by atoms with Crippen LogP contribution in [0.3, 0.4) is 0 Å². The number of aromatic nitrogens is 1. The van der Waals surface area contributed by atoms with Gasteiger partial charge in [-0.15, -0.1) is 0 Å². The molecule has 3 aromatic rings. The number of benzene rings is 1. The Morgan fingerprint density at radius 2 is 1.66 bits per heavy atom. The summed E-state index contributed by atoms with van der Waals surface area (Å²) in [7, 11) is 0. The number of piperazine rings is 1. The van der Waals surface area contributed by atoms with Crippen molar-refractivity contribution in [1.29, 1.82) is 0 Å². The molecule has 2 aromatic heterocycles. The van der Waals surface area contributed by atoms with E-state index in [2.05, 4.69) is 29.2 Å². The predicted octanol–water partition coefficient (Wildman–Crippen LogP) is 2.49. The topological polar surface area (TPSA) is 58.7 Å². The number of pyridine rings is 1. The van der Waals surface area contributed by atoms with Crippen molar-refractivity contribution in [2.24, 2.45) is 0 Å². The zero-order valence-electron chi connectivity index (χ0n) is 16.4. The molecule has 6 nitrogen and oxygen atoms in total. The van der Waals surface area contributed by atoms with Crippen LogP contribution in [-0.4, -0.2) is 53.0 Å². The van der Waals surface area contributed by atoms with Crippen LogP contribution in [0.2, 0.25) is 0 Å². The fourth-order valence-corrected chi connectivity index (χ4v) is 3.60. The minimum Gasteiger partial charge on any atom is -0.454 e. The molecule has 29 heavy (non-hydrogen) atoms. The molecule has 1 aliphatic heterocycles. The molecule has 150 valence electrons. The van der Waals surface area contributed by atoms with E-state index < -0.39 is 0 Å². The van der Waals surface area contributed by atoms with E-state index in [9.17, 15) is 9.59 Å². The summed E-state index contributed by atoms with van der Waals surface area (Å²) < 4.78 is 7.28. The largest absolute Gasteiger partial charge is 0.454 e. The number of carbonyl (C=O) groups excluding carboxylic acids is 1. The Labute approximate surface area is 170 Å². The van der Waals surface area contributed by atoms with Gasteiger partial charge in [-0.3, -0.25) is 14.5 Å². The fourth-order valence-electron chi connectivity index (χ4n) is 3.60. The van der Waals surface area contributed by atoms with Crippen LogP contribution in [0, 0.1) is 0 Å². The Bertz CT molecular complexity index is 1000. The Morgan fingerprint density at radius 1 is 0.897 bits per heavy atom. The van der Waals surface area contributed by atoms with Crippen LogP contribution in [0.15, 0.2) is 76.1 Å². The molecule has 6 heteroatoms. The van der Waals surface area contributed by atoms with Crippen molar-refractivity contribution < 1.29 is 9.21 Å². The molecule has 0 unspecified atom stereocenters. The van der Waals surface area contributed by atoms with Crippen LogP contribution in [0.25, 0.3) is 0 Å². The number of furan rings is 1. The lowest BCUT2D eigenvalue weighted by molar-refractivity contribution is 0.0605. The van der Waals surface area contributed by atoms with Gasteiger partial charge in [-0.2, -0.15) is 0 Å². The van der Waals surface area contributed by atoms with Crippen LogP contribution in [0.5, 0.6) is 0 Å². The van der Waals surface area contributed by atoms with Gasteiger partial charge in [0, 0.05) is 45.0 Å². The molecule has 1 aliphatic rings. The molecule has 0 spiro atoms. The minimum atomic E-state index is -0.0941. The number of amides is 1. The van der Waals surface area contributed by atoms with Gasteiger partial charge in [-0.05, 0) is 30.2 Å². The van der Waals surface area contributed by atoms with Crippen molar-refractivity contribution in [3.8, 4) is 0 Å². The molecule has 0 atom stereocenters. The first-order valence-electron chi connectivity index (χ1n) is 9.99. The number of hydrogen-bond acceptors (Lipinski definition) is 4. The third-order valence-electron chi connectivity index (χ3n) is 5.32. The lowest BCUT2D eigenvalue weighted by Gasteiger charge is -2.34. The molecule has 1 aromatic carbocycles. The van der Waals surface area contributed by atoms with E-state index in [1.54, 1.807) is 35.0 Å². The van der Waals surface area contributed by atoms with E-state index in [1.165, 1.54) is 11.6 Å². The second-order valence-corrected chi connectivity index (χ2v) is 7.30. The summed E-state index contributed by atoms with van der Waals surface area (Å²) in [6, 6.07) is 18.9. The van der Waals surface area contributed by atoms with E-state index in [0.717, 1.165) is 26.1 Å². The number of hydrogen-bond donors (Lipinski definition) is 0. The highest BCUT2D eigenvalue weighted by molar-refractivity contribution is 5.91. The standard InChI is InChI=1S/C23H25N3O3/c27-22-8-4-5-12-26(22)18-20-9-10-21(29-20)23(28)25-16-14-24(15-17-25)13-11-19-6-2-1-3-7-19/h1-10,12H,11,13-18H2. The molecule has 4 rings (SSSR count). The first-order valence-corrected chi connectivity index (χ1v) is 9.99. The number of nitrogens with zero attached hydrogens (tertiary/aromatic N) is 3. The summed E-state index contributed by atoms with van der Waals surface area (Å²) in [5, 5.41) is 0. The number of rotatable bonds is 6. The van der Waals surface area contributed by atoms with Gasteiger partial charge < -0.3 is 13.9 Å². The first kappa shape index (κ1) is 19.2. The minimum absolute atomic E-state index is 0.0839. The molecular formula is C23H25N3O3. The summed E-state index contributed by atoms with van der Waals surface area (Å²) in [6.07, 6.45) is 2.73. The van der Waals surface area contributed by atoms with Gasteiger partial charge in [0.05, 0.1) is 6.54 Å². The monoisotopic (exact) mass is 391 g/mol. The van der Waals surface area contributed by atoms with E-state index in [1.807, 2.05) is 11.0 Å². The quantitative estimate of drug-likeness (QED) is 0.648. The summed E-state index contributed by atoms with van der Waals surface area (Å²) in [5.41, 5.74) is 1.25. The lowest BCUT2D eigenvalue weighted by Crippen LogP contribution is -2.49. The zero-order chi connectivity index (χ0) is 20.1. The highest BCUT2D eigenvalue weighted by Crippen LogP contribution is 2.14. The first-order chi connectivity index (χ1) is 14.2. The van der Waals surface area contributed by atoms with Gasteiger partial charge in [0.1, 0.15) is 5.76 Å². The van der Waals surface area contributed by atoms with E-state index in [-0.39, 0.29) is 11.5 Å². The van der Waals surface area contributed by atoms with Gasteiger partial charge >= 0.3 is 0 Å². The normalized spacial score (nSPS) is 14.8. The van der Waals surface area contributed by atoms with Gasteiger partial charge in [0.2, 0.25) is 0 Å². The van der Waals surface area contributed by atoms with Crippen LogP contribution in [0.4, 0.5) is 0 Å². The van der Waals surface area contributed by atoms with E-state index in [0.29, 0.717) is 31.2 Å². The molecular weight excluding hydrogens is 366 g/mol. The van der Waals surface area contributed by atoms with Crippen molar-refractivity contribution in [3.05, 3.63) is 94.3 Å². The smallest absolute Gasteiger partial charge is 0.289 e. The van der Waals surface area contributed by atoms with Crippen LogP contribution in [-0.2, 0) is 13.0 Å². The predicted molar refractivity (Wildman–Crippen MR) is 111 cm³/mol. The molecule has 0 bridgehead atoms. The van der Waals surface area contributed by atoms with Crippen molar-refractivity contribution in [2.75, 3.05) is 32.7 Å². The molecule has 0 radical (unpaired) electrons. The Balaban J connectivity index is 1.29. The summed E-state index contributed by atoms with van der Waals surface area (Å²) in [5.74, 6) is 0.851. The lowest BCUT2D eigenvalue weighted by atomic mass is 10.1. The maximum Gasteiger partial charge on any atom is 0.289 e. The van der Waals surface area contributed by atoms with Gasteiger partial charge in [-0.25, -0.2) is 0 Å². The van der Waals surface area contributed by atoms with Gasteiger partial charge in [-0.1, -0.05) is 36.4 Å². The third kappa shape index (κ3) is 4.84. The molecule has 0 N–H and O–H groups in total. The summed E-state index contributed by atoms with van der Waals surface area (Å²) in [6.45, 7) is 4.45. The third-order valence-corrected chi connectivity index (χ3v) is 5.32. The zero-order valence-corrected chi connectivity index (χ0v) is 16.4. The molecule has 1 amide bonds. The van der Waals surface area contributed by atoms with Gasteiger partial charge in [0.25, 0.3) is 11.5 Å². The maximum absolute atomic E-state index is 12.8. The molecule has 1 fully saturated rings. The second-order valence-electron chi connectivity index (χ2n) is 7.30. The van der Waals surface area contributed by atoms with Crippen LogP contribution >= 0.6 is 0 Å². The Hall–Kier alpha value is -3.12. The fraction of sp³-hybridized carbons (Fsp3) is 0.304. The highest BCUT2D eigenvalue weighted by atomic mass is 16.4. The Kier molecular flexibility index (Phi) is 5.91. The molecule has 1 saturated heterocycles. The van der Waals surface area contributed by atoms with Crippen LogP contribution in [0.1, 0.15) is 21.9 Å². The van der Waals surface area contributed by atoms with Crippen molar-refractivity contribution in [2.45, 2.75) is 13.0 Å².